The predicted octanol–water partition coefficient (Wildman–Crippen LogP) is 4.30. The summed E-state index contributed by atoms with van der Waals surface area (Å²) in [6.45, 7) is 0.627. The van der Waals surface area contributed by atoms with Gasteiger partial charge in [0.2, 0.25) is 0 Å². The molecule has 0 radical (unpaired) electrons. The van der Waals surface area contributed by atoms with Crippen LogP contribution in [0.25, 0.3) is 0 Å². The summed E-state index contributed by atoms with van der Waals surface area (Å²) in [6.07, 6.45) is 2.66. The fourth-order valence-corrected chi connectivity index (χ4v) is 3.64. The number of para-hydroxylation sites is 1. The number of rotatable bonds is 5. The quantitative estimate of drug-likeness (QED) is 0.684. The number of piperidine rings is 1. The molecule has 0 aliphatic carbocycles. The third-order valence-corrected chi connectivity index (χ3v) is 5.22. The van der Waals surface area contributed by atoms with Crippen LogP contribution < -0.4 is 10.1 Å². The first kappa shape index (κ1) is 19.7. The van der Waals surface area contributed by atoms with Crippen molar-refractivity contribution in [1.82, 2.24) is 10.1 Å². The van der Waals surface area contributed by atoms with E-state index in [0.29, 0.717) is 29.3 Å². The Bertz CT molecular complexity index is 1010. The lowest BCUT2D eigenvalue weighted by Gasteiger charge is -2.34. The summed E-state index contributed by atoms with van der Waals surface area (Å²) in [5.74, 6) is 0.801. The number of ether oxygens (including phenoxy) is 1. The SMILES string of the molecule is COc1ccc(C(=O)N2CCCCC2c2cc(C(=O)Nc3ccccc3)no2)cc1. The van der Waals surface area contributed by atoms with Gasteiger partial charge in [0.05, 0.1) is 13.2 Å². The first-order valence-corrected chi connectivity index (χ1v) is 9.94. The molecule has 1 fully saturated rings. The molecule has 0 saturated carbocycles. The van der Waals surface area contributed by atoms with Crippen LogP contribution in [-0.2, 0) is 0 Å². The minimum Gasteiger partial charge on any atom is -0.497 e. The molecule has 1 atom stereocenters. The van der Waals surface area contributed by atoms with Gasteiger partial charge < -0.3 is 19.5 Å². The number of carbonyl (C=O) groups is 2. The highest BCUT2D eigenvalue weighted by Gasteiger charge is 2.32. The normalized spacial score (nSPS) is 16.2. The van der Waals surface area contributed by atoms with Crippen LogP contribution >= 0.6 is 0 Å². The van der Waals surface area contributed by atoms with Gasteiger partial charge in [0, 0.05) is 23.9 Å². The van der Waals surface area contributed by atoms with Crippen LogP contribution in [-0.4, -0.2) is 35.5 Å². The van der Waals surface area contributed by atoms with E-state index in [1.807, 2.05) is 18.2 Å². The topological polar surface area (TPSA) is 84.7 Å². The molecule has 2 amide bonds. The summed E-state index contributed by atoms with van der Waals surface area (Å²) in [5, 5.41) is 6.73. The number of benzene rings is 2. The highest BCUT2D eigenvalue weighted by Crippen LogP contribution is 2.33. The van der Waals surface area contributed by atoms with Crippen LogP contribution in [0.5, 0.6) is 5.75 Å². The Morgan fingerprint density at radius 3 is 2.60 bits per heavy atom. The smallest absolute Gasteiger partial charge is 0.277 e. The molecule has 3 aromatic rings. The van der Waals surface area contributed by atoms with Crippen molar-refractivity contribution < 1.29 is 18.8 Å². The number of amides is 2. The predicted molar refractivity (Wildman–Crippen MR) is 112 cm³/mol. The van der Waals surface area contributed by atoms with Gasteiger partial charge in [0.15, 0.2) is 11.5 Å². The van der Waals surface area contributed by atoms with Crippen molar-refractivity contribution in [3.8, 4) is 5.75 Å². The van der Waals surface area contributed by atoms with Crippen LogP contribution in [0.15, 0.2) is 65.2 Å². The number of hydrogen-bond donors (Lipinski definition) is 1. The monoisotopic (exact) mass is 405 g/mol. The maximum atomic E-state index is 13.1. The van der Waals surface area contributed by atoms with E-state index in [1.54, 1.807) is 54.5 Å². The van der Waals surface area contributed by atoms with Crippen molar-refractivity contribution in [1.29, 1.82) is 0 Å². The zero-order chi connectivity index (χ0) is 20.9. The summed E-state index contributed by atoms with van der Waals surface area (Å²) >= 11 is 0. The van der Waals surface area contributed by atoms with Crippen molar-refractivity contribution in [2.75, 3.05) is 19.0 Å². The number of carbonyl (C=O) groups excluding carboxylic acids is 2. The fourth-order valence-electron chi connectivity index (χ4n) is 3.64. The molecule has 2 aromatic carbocycles. The van der Waals surface area contributed by atoms with Crippen LogP contribution in [0, 0.1) is 0 Å². The Kier molecular flexibility index (Phi) is 5.79. The molecule has 1 aliphatic heterocycles. The molecule has 2 heterocycles. The molecule has 30 heavy (non-hydrogen) atoms. The van der Waals surface area contributed by atoms with E-state index in [4.69, 9.17) is 9.26 Å². The molecule has 1 aliphatic rings. The summed E-state index contributed by atoms with van der Waals surface area (Å²) in [7, 11) is 1.59. The second-order valence-corrected chi connectivity index (χ2v) is 7.17. The second kappa shape index (κ2) is 8.82. The average molecular weight is 405 g/mol. The molecule has 0 bridgehead atoms. The Morgan fingerprint density at radius 1 is 1.10 bits per heavy atom. The molecule has 1 aromatic heterocycles. The summed E-state index contributed by atoms with van der Waals surface area (Å²) in [4.78, 5) is 27.4. The molecule has 154 valence electrons. The first-order chi connectivity index (χ1) is 14.7. The van der Waals surface area contributed by atoms with Gasteiger partial charge in [-0.15, -0.1) is 0 Å². The van der Waals surface area contributed by atoms with Gasteiger partial charge in [-0.1, -0.05) is 23.4 Å². The summed E-state index contributed by atoms with van der Waals surface area (Å²) < 4.78 is 10.7. The summed E-state index contributed by atoms with van der Waals surface area (Å²) in [6, 6.07) is 17.6. The Morgan fingerprint density at radius 2 is 1.87 bits per heavy atom. The molecule has 1 N–H and O–H groups in total. The maximum absolute atomic E-state index is 13.1. The standard InChI is InChI=1S/C23H23N3O4/c1-29-18-12-10-16(11-13-18)23(28)26-14-6-5-9-20(26)21-15-19(25-30-21)22(27)24-17-7-3-2-4-8-17/h2-4,7-8,10-13,15,20H,5-6,9,14H2,1H3,(H,24,27). The average Bonchev–Trinajstić information content (AvgIpc) is 3.30. The van der Waals surface area contributed by atoms with Crippen molar-refractivity contribution in [2.45, 2.75) is 25.3 Å². The van der Waals surface area contributed by atoms with E-state index in [0.717, 1.165) is 19.3 Å². The summed E-state index contributed by atoms with van der Waals surface area (Å²) in [5.41, 5.74) is 1.46. The van der Waals surface area contributed by atoms with Gasteiger partial charge in [-0.3, -0.25) is 9.59 Å². The molecule has 0 spiro atoms. The molecular formula is C23H23N3O4. The third-order valence-electron chi connectivity index (χ3n) is 5.22. The van der Waals surface area contributed by atoms with Crippen LogP contribution in [0.2, 0.25) is 0 Å². The van der Waals surface area contributed by atoms with Crippen molar-refractivity contribution in [2.24, 2.45) is 0 Å². The van der Waals surface area contributed by atoms with Gasteiger partial charge in [0.25, 0.3) is 11.8 Å². The van der Waals surface area contributed by atoms with Crippen molar-refractivity contribution in [3.63, 3.8) is 0 Å². The number of methoxy groups -OCH3 is 1. The molecular weight excluding hydrogens is 382 g/mol. The number of likely N-dealkylation sites (tertiary alicyclic amines) is 1. The number of hydrogen-bond acceptors (Lipinski definition) is 5. The zero-order valence-corrected chi connectivity index (χ0v) is 16.7. The molecule has 7 nitrogen and oxygen atoms in total. The highest BCUT2D eigenvalue weighted by molar-refractivity contribution is 6.02. The maximum Gasteiger partial charge on any atom is 0.277 e. The van der Waals surface area contributed by atoms with Gasteiger partial charge in [0.1, 0.15) is 5.75 Å². The van der Waals surface area contributed by atoms with E-state index in [1.165, 1.54) is 0 Å². The van der Waals surface area contributed by atoms with Crippen LogP contribution in [0.3, 0.4) is 0 Å². The lowest BCUT2D eigenvalue weighted by molar-refractivity contribution is 0.0570. The van der Waals surface area contributed by atoms with Crippen molar-refractivity contribution >= 4 is 17.5 Å². The van der Waals surface area contributed by atoms with Gasteiger partial charge >= 0.3 is 0 Å². The Balaban J connectivity index is 1.51. The Hall–Kier alpha value is -3.61. The van der Waals surface area contributed by atoms with Gasteiger partial charge in [-0.05, 0) is 55.7 Å². The molecule has 4 rings (SSSR count). The Labute approximate surface area is 174 Å². The third kappa shape index (κ3) is 4.20. The van der Waals surface area contributed by atoms with Gasteiger partial charge in [-0.2, -0.15) is 0 Å². The number of nitrogens with one attached hydrogen (secondary N) is 1. The van der Waals surface area contributed by atoms with E-state index < -0.39 is 0 Å². The van der Waals surface area contributed by atoms with Crippen LogP contribution in [0.1, 0.15) is 51.9 Å². The van der Waals surface area contributed by atoms with Gasteiger partial charge in [-0.25, -0.2) is 0 Å². The van der Waals surface area contributed by atoms with Crippen LogP contribution in [0.4, 0.5) is 5.69 Å². The number of nitrogens with zero attached hydrogens (tertiary/aromatic N) is 2. The lowest BCUT2D eigenvalue weighted by atomic mass is 9.98. The molecule has 1 unspecified atom stereocenters. The molecule has 7 heteroatoms. The van der Waals surface area contributed by atoms with Crippen molar-refractivity contribution in [3.05, 3.63) is 77.7 Å². The highest BCUT2D eigenvalue weighted by atomic mass is 16.5. The first-order valence-electron chi connectivity index (χ1n) is 9.94. The zero-order valence-electron chi connectivity index (χ0n) is 16.7. The van der Waals surface area contributed by atoms with E-state index in [-0.39, 0.29) is 23.6 Å². The van der Waals surface area contributed by atoms with E-state index >= 15 is 0 Å². The van der Waals surface area contributed by atoms with E-state index in [2.05, 4.69) is 10.5 Å². The minimum absolute atomic E-state index is 0.0750. The largest absolute Gasteiger partial charge is 0.497 e. The minimum atomic E-state index is -0.347. The molecule has 1 saturated heterocycles. The lowest BCUT2D eigenvalue weighted by Crippen LogP contribution is -2.38. The second-order valence-electron chi connectivity index (χ2n) is 7.17. The number of aromatic nitrogens is 1. The number of anilines is 1. The van der Waals surface area contributed by atoms with E-state index in [9.17, 15) is 9.59 Å². The fraction of sp³-hybridized carbons (Fsp3) is 0.261.